The van der Waals surface area contributed by atoms with Gasteiger partial charge in [0.25, 0.3) is 0 Å². The number of hydrogen-bond acceptors (Lipinski definition) is 4. The van der Waals surface area contributed by atoms with Crippen molar-refractivity contribution < 1.29 is 19.0 Å². The van der Waals surface area contributed by atoms with Crippen molar-refractivity contribution >= 4 is 21.8 Å². The second-order valence-electron chi connectivity index (χ2n) is 8.18. The third-order valence-electron chi connectivity index (χ3n) is 6.46. The molecule has 1 saturated heterocycles. The molecule has 3 aliphatic rings. The molecule has 2 atom stereocenters. The summed E-state index contributed by atoms with van der Waals surface area (Å²) in [6, 6.07) is 14.4. The number of amides is 1. The van der Waals surface area contributed by atoms with Crippen LogP contribution >= 0.6 is 15.9 Å². The molecule has 2 fully saturated rings. The maximum atomic E-state index is 12.9. The van der Waals surface area contributed by atoms with E-state index in [0.717, 1.165) is 35.2 Å². The maximum Gasteiger partial charge on any atom is 0.231 e. The monoisotopic (exact) mass is 457 g/mol. The molecule has 5 rings (SSSR count). The van der Waals surface area contributed by atoms with Crippen LogP contribution in [0.5, 0.6) is 11.5 Å². The molecular formula is C23H24BrNO4. The van der Waals surface area contributed by atoms with Crippen LogP contribution in [0.15, 0.2) is 46.9 Å². The molecule has 1 N–H and O–H groups in total. The Hall–Kier alpha value is -2.05. The summed E-state index contributed by atoms with van der Waals surface area (Å²) in [5.74, 6) is 2.14. The summed E-state index contributed by atoms with van der Waals surface area (Å²) in [6.45, 7) is 2.30. The highest BCUT2D eigenvalue weighted by atomic mass is 79.9. The van der Waals surface area contributed by atoms with Crippen LogP contribution in [0.1, 0.15) is 36.3 Å². The fourth-order valence-corrected chi connectivity index (χ4v) is 4.77. The number of hydrogen-bond donors (Lipinski definition) is 1. The number of rotatable bonds is 5. The number of fused-ring (bicyclic) bond motifs is 1. The second-order valence-corrected chi connectivity index (χ2v) is 9.09. The van der Waals surface area contributed by atoms with Gasteiger partial charge in [0.1, 0.15) is 0 Å². The normalized spacial score (nSPS) is 24.2. The zero-order valence-electron chi connectivity index (χ0n) is 16.2. The number of ether oxygens (including phenoxy) is 3. The van der Waals surface area contributed by atoms with Gasteiger partial charge in [-0.2, -0.15) is 0 Å². The van der Waals surface area contributed by atoms with E-state index in [9.17, 15) is 4.79 Å². The number of carbonyl (C=O) groups is 1. The summed E-state index contributed by atoms with van der Waals surface area (Å²) in [7, 11) is 0. The largest absolute Gasteiger partial charge is 0.454 e. The fraction of sp³-hybridized carbons (Fsp3) is 0.435. The van der Waals surface area contributed by atoms with E-state index in [4.69, 9.17) is 14.2 Å². The van der Waals surface area contributed by atoms with Crippen LogP contribution in [0.25, 0.3) is 0 Å². The first-order valence-electron chi connectivity index (χ1n) is 10.2. The molecule has 5 nitrogen and oxygen atoms in total. The predicted molar refractivity (Wildman–Crippen MR) is 112 cm³/mol. The van der Waals surface area contributed by atoms with Crippen molar-refractivity contribution in [3.63, 3.8) is 0 Å². The van der Waals surface area contributed by atoms with Crippen LogP contribution in [0.4, 0.5) is 0 Å². The Morgan fingerprint density at radius 1 is 1.07 bits per heavy atom. The van der Waals surface area contributed by atoms with Crippen LogP contribution in [0, 0.1) is 5.92 Å². The van der Waals surface area contributed by atoms with Gasteiger partial charge in [0.05, 0.1) is 0 Å². The Balaban J connectivity index is 1.28. The zero-order valence-corrected chi connectivity index (χ0v) is 17.7. The zero-order chi connectivity index (χ0) is 19.8. The fourth-order valence-electron chi connectivity index (χ4n) is 4.51. The molecule has 2 aromatic rings. The van der Waals surface area contributed by atoms with Gasteiger partial charge in [-0.3, -0.25) is 4.79 Å². The van der Waals surface area contributed by atoms with Crippen molar-refractivity contribution in [3.05, 3.63) is 58.1 Å². The maximum absolute atomic E-state index is 12.9. The average Bonchev–Trinajstić information content (AvgIpc) is 3.42. The molecule has 0 unspecified atom stereocenters. The molecule has 2 heterocycles. The molecule has 0 aromatic heterocycles. The molecule has 0 spiro atoms. The second kappa shape index (κ2) is 7.65. The SMILES string of the molecule is O=C(NCC1(c2ccc3c(c2)OCO3)CCOCC1)[C@@H]1C[C@H]1c1ccc(Br)cc1. The van der Waals surface area contributed by atoms with E-state index in [1.165, 1.54) is 11.1 Å². The first-order chi connectivity index (χ1) is 14.1. The lowest BCUT2D eigenvalue weighted by Gasteiger charge is -2.38. The van der Waals surface area contributed by atoms with Gasteiger partial charge in [0, 0.05) is 35.6 Å². The molecule has 1 aliphatic carbocycles. The van der Waals surface area contributed by atoms with Gasteiger partial charge in [-0.15, -0.1) is 0 Å². The van der Waals surface area contributed by atoms with Crippen molar-refractivity contribution in [2.45, 2.75) is 30.6 Å². The first-order valence-corrected chi connectivity index (χ1v) is 10.9. The van der Waals surface area contributed by atoms with Crippen LogP contribution < -0.4 is 14.8 Å². The van der Waals surface area contributed by atoms with Crippen molar-refractivity contribution in [3.8, 4) is 11.5 Å². The van der Waals surface area contributed by atoms with Crippen LogP contribution in [0.2, 0.25) is 0 Å². The Bertz CT molecular complexity index is 908. The Kier molecular flexibility index (Phi) is 5.00. The lowest BCUT2D eigenvalue weighted by Crippen LogP contribution is -2.45. The van der Waals surface area contributed by atoms with Gasteiger partial charge < -0.3 is 19.5 Å². The summed E-state index contributed by atoms with van der Waals surface area (Å²) in [5, 5.41) is 3.26. The van der Waals surface area contributed by atoms with E-state index in [1.807, 2.05) is 18.2 Å². The summed E-state index contributed by atoms with van der Waals surface area (Å²) < 4.78 is 17.7. The van der Waals surface area contributed by atoms with Crippen molar-refractivity contribution in [1.82, 2.24) is 5.32 Å². The van der Waals surface area contributed by atoms with E-state index < -0.39 is 0 Å². The van der Waals surface area contributed by atoms with Crippen molar-refractivity contribution in [1.29, 1.82) is 0 Å². The summed E-state index contributed by atoms with van der Waals surface area (Å²) in [6.07, 6.45) is 2.69. The quantitative estimate of drug-likeness (QED) is 0.732. The Labute approximate surface area is 178 Å². The van der Waals surface area contributed by atoms with Gasteiger partial charge in [-0.1, -0.05) is 34.1 Å². The van der Waals surface area contributed by atoms with Gasteiger partial charge in [0.2, 0.25) is 12.7 Å². The van der Waals surface area contributed by atoms with E-state index in [1.54, 1.807) is 0 Å². The minimum Gasteiger partial charge on any atom is -0.454 e. The van der Waals surface area contributed by atoms with Gasteiger partial charge >= 0.3 is 0 Å². The molecule has 0 bridgehead atoms. The number of halogens is 1. The molecule has 1 amide bonds. The van der Waals surface area contributed by atoms with Gasteiger partial charge in [-0.05, 0) is 60.6 Å². The number of benzene rings is 2. The predicted octanol–water partition coefficient (Wildman–Crippen LogP) is 4.15. The Morgan fingerprint density at radius 3 is 2.62 bits per heavy atom. The van der Waals surface area contributed by atoms with Crippen molar-refractivity contribution in [2.75, 3.05) is 26.6 Å². The first kappa shape index (κ1) is 18.9. The van der Waals surface area contributed by atoms with Crippen LogP contribution in [0.3, 0.4) is 0 Å². The minimum atomic E-state index is -0.128. The van der Waals surface area contributed by atoms with Crippen LogP contribution in [-0.2, 0) is 14.9 Å². The molecule has 2 aromatic carbocycles. The molecule has 152 valence electrons. The van der Waals surface area contributed by atoms with Gasteiger partial charge in [-0.25, -0.2) is 0 Å². The molecule has 2 aliphatic heterocycles. The van der Waals surface area contributed by atoms with E-state index in [0.29, 0.717) is 25.7 Å². The minimum absolute atomic E-state index is 0.0739. The average molecular weight is 458 g/mol. The molecule has 6 heteroatoms. The highest BCUT2D eigenvalue weighted by molar-refractivity contribution is 9.10. The third kappa shape index (κ3) is 3.76. The molecule has 0 radical (unpaired) electrons. The smallest absolute Gasteiger partial charge is 0.231 e. The lowest BCUT2D eigenvalue weighted by atomic mass is 9.74. The van der Waals surface area contributed by atoms with Crippen LogP contribution in [-0.4, -0.2) is 32.5 Å². The van der Waals surface area contributed by atoms with Crippen molar-refractivity contribution in [2.24, 2.45) is 5.92 Å². The standard InChI is InChI=1S/C23H24BrNO4/c24-17-4-1-15(2-5-17)18-12-19(18)22(26)25-13-23(7-9-27-10-8-23)16-3-6-20-21(11-16)29-14-28-20/h1-6,11,18-19H,7-10,12-14H2,(H,25,26)/t18-,19+/m0/s1. The summed E-state index contributed by atoms with van der Waals surface area (Å²) in [5.41, 5.74) is 2.30. The molecular weight excluding hydrogens is 434 g/mol. The topological polar surface area (TPSA) is 56.8 Å². The number of carbonyl (C=O) groups excluding carboxylic acids is 1. The summed E-state index contributed by atoms with van der Waals surface area (Å²) >= 11 is 3.47. The lowest BCUT2D eigenvalue weighted by molar-refractivity contribution is -0.122. The summed E-state index contributed by atoms with van der Waals surface area (Å²) in [4.78, 5) is 12.9. The van der Waals surface area contributed by atoms with Gasteiger partial charge in [0.15, 0.2) is 11.5 Å². The van der Waals surface area contributed by atoms with E-state index in [2.05, 4.69) is 45.5 Å². The molecule has 1 saturated carbocycles. The highest BCUT2D eigenvalue weighted by Crippen LogP contribution is 2.48. The van der Waals surface area contributed by atoms with E-state index in [-0.39, 0.29) is 24.0 Å². The Morgan fingerprint density at radius 2 is 1.83 bits per heavy atom. The number of nitrogens with one attached hydrogen (secondary N) is 1. The third-order valence-corrected chi connectivity index (χ3v) is 6.99. The highest BCUT2D eigenvalue weighted by Gasteiger charge is 2.45. The van der Waals surface area contributed by atoms with E-state index >= 15 is 0 Å². The molecule has 29 heavy (non-hydrogen) atoms.